The fourth-order valence-electron chi connectivity index (χ4n) is 1.31. The molecule has 1 N–H and O–H groups in total. The fraction of sp³-hybridized carbons (Fsp3) is 0. The van der Waals surface area contributed by atoms with Gasteiger partial charge < -0.3 is 4.42 Å². The van der Waals surface area contributed by atoms with E-state index in [0.29, 0.717) is 10.8 Å². The van der Waals surface area contributed by atoms with Crippen molar-refractivity contribution in [3.05, 3.63) is 65.1 Å². The molecule has 0 unspecified atom stereocenters. The molecule has 96 valence electrons. The first kappa shape index (κ1) is 13.1. The first-order valence-corrected chi connectivity index (χ1v) is 5.92. The van der Waals surface area contributed by atoms with Crippen LogP contribution in [0.1, 0.15) is 11.3 Å². The highest BCUT2D eigenvalue weighted by atomic mass is 35.5. The summed E-state index contributed by atoms with van der Waals surface area (Å²) in [5, 5.41) is 4.41. The molecule has 0 aliphatic heterocycles. The Labute approximate surface area is 115 Å². The minimum Gasteiger partial charge on any atom is -0.463 e. The van der Waals surface area contributed by atoms with Gasteiger partial charge in [0.25, 0.3) is 5.91 Å². The van der Waals surface area contributed by atoms with E-state index in [-0.39, 0.29) is 5.91 Å². The molecular formula is C14H11ClN2O2. The Morgan fingerprint density at radius 1 is 1.26 bits per heavy atom. The largest absolute Gasteiger partial charge is 0.463 e. The summed E-state index contributed by atoms with van der Waals surface area (Å²) in [7, 11) is 0. The highest BCUT2D eigenvalue weighted by molar-refractivity contribution is 6.30. The van der Waals surface area contributed by atoms with Gasteiger partial charge in [0, 0.05) is 11.1 Å². The molecule has 4 nitrogen and oxygen atoms in total. The molecule has 0 radical (unpaired) electrons. The van der Waals surface area contributed by atoms with Gasteiger partial charge >= 0.3 is 0 Å². The summed E-state index contributed by atoms with van der Waals surface area (Å²) >= 11 is 5.76. The fourth-order valence-corrected chi connectivity index (χ4v) is 1.43. The van der Waals surface area contributed by atoms with Crippen LogP contribution in [0.3, 0.4) is 0 Å². The van der Waals surface area contributed by atoms with Crippen LogP contribution in [-0.4, -0.2) is 12.1 Å². The smallest absolute Gasteiger partial charge is 0.264 e. The molecule has 2 rings (SSSR count). The van der Waals surface area contributed by atoms with Crippen molar-refractivity contribution in [3.8, 4) is 0 Å². The van der Waals surface area contributed by atoms with Gasteiger partial charge in [-0.3, -0.25) is 4.79 Å². The van der Waals surface area contributed by atoms with Gasteiger partial charge in [0.05, 0.1) is 12.5 Å². The molecule has 2 aromatic rings. The summed E-state index contributed by atoms with van der Waals surface area (Å²) in [6, 6.07) is 10.6. The topological polar surface area (TPSA) is 54.6 Å². The molecule has 19 heavy (non-hydrogen) atoms. The van der Waals surface area contributed by atoms with Gasteiger partial charge in [-0.15, -0.1) is 0 Å². The number of benzene rings is 1. The predicted octanol–water partition coefficient (Wildman–Crippen LogP) is 3.10. The molecule has 0 fully saturated rings. The Hall–Kier alpha value is -2.33. The van der Waals surface area contributed by atoms with Crippen molar-refractivity contribution in [2.75, 3.05) is 0 Å². The maximum absolute atomic E-state index is 11.4. The normalized spacial score (nSPS) is 11.2. The summed E-state index contributed by atoms with van der Waals surface area (Å²) in [4.78, 5) is 11.4. The Morgan fingerprint density at radius 3 is 2.74 bits per heavy atom. The van der Waals surface area contributed by atoms with E-state index in [4.69, 9.17) is 16.0 Å². The lowest BCUT2D eigenvalue weighted by Gasteiger charge is -1.94. The summed E-state index contributed by atoms with van der Waals surface area (Å²) in [5.74, 6) is 0.250. The molecular weight excluding hydrogens is 264 g/mol. The number of carbonyl (C=O) groups is 1. The van der Waals surface area contributed by atoms with Crippen molar-refractivity contribution < 1.29 is 9.21 Å². The zero-order chi connectivity index (χ0) is 13.5. The second kappa shape index (κ2) is 6.56. The quantitative estimate of drug-likeness (QED) is 0.529. The van der Waals surface area contributed by atoms with E-state index in [2.05, 4.69) is 10.5 Å². The molecule has 0 bridgehead atoms. The number of halogens is 1. The molecule has 0 atom stereocenters. The maximum atomic E-state index is 11.4. The average molecular weight is 275 g/mol. The molecule has 0 saturated carbocycles. The van der Waals surface area contributed by atoms with Gasteiger partial charge in [0.2, 0.25) is 0 Å². The van der Waals surface area contributed by atoms with Crippen molar-refractivity contribution in [1.82, 2.24) is 5.43 Å². The summed E-state index contributed by atoms with van der Waals surface area (Å²) in [6.45, 7) is 0. The van der Waals surface area contributed by atoms with E-state index in [1.54, 1.807) is 30.3 Å². The number of carbonyl (C=O) groups excluding carboxylic acids is 1. The van der Waals surface area contributed by atoms with Gasteiger partial charge in [0.1, 0.15) is 5.76 Å². The molecule has 1 heterocycles. The van der Waals surface area contributed by atoms with Crippen LogP contribution in [0.25, 0.3) is 6.08 Å². The van der Waals surface area contributed by atoms with Crippen LogP contribution in [0.5, 0.6) is 0 Å². The van der Waals surface area contributed by atoms with Gasteiger partial charge in [0.15, 0.2) is 0 Å². The van der Waals surface area contributed by atoms with Crippen LogP contribution < -0.4 is 5.43 Å². The SMILES string of the molecule is O=C(/C=C/c1ccc(Cl)cc1)N/N=C\c1ccco1. The van der Waals surface area contributed by atoms with Crippen LogP contribution in [0.2, 0.25) is 5.02 Å². The van der Waals surface area contributed by atoms with Crippen LogP contribution in [-0.2, 0) is 4.79 Å². The third kappa shape index (κ3) is 4.44. The average Bonchev–Trinajstić information content (AvgIpc) is 2.91. The second-order valence-electron chi connectivity index (χ2n) is 3.63. The van der Waals surface area contributed by atoms with Gasteiger partial charge in [-0.05, 0) is 35.9 Å². The Kier molecular flexibility index (Phi) is 4.53. The van der Waals surface area contributed by atoms with Crippen LogP contribution in [0, 0.1) is 0 Å². The number of furan rings is 1. The first-order chi connectivity index (χ1) is 9.24. The lowest BCUT2D eigenvalue weighted by atomic mass is 10.2. The van der Waals surface area contributed by atoms with E-state index in [0.717, 1.165) is 5.56 Å². The minimum atomic E-state index is -0.322. The molecule has 0 saturated heterocycles. The number of nitrogens with zero attached hydrogens (tertiary/aromatic N) is 1. The number of hydrogen-bond donors (Lipinski definition) is 1. The number of rotatable bonds is 4. The number of hydrazone groups is 1. The van der Waals surface area contributed by atoms with E-state index >= 15 is 0 Å². The van der Waals surface area contributed by atoms with Gasteiger partial charge in [-0.25, -0.2) is 5.43 Å². The highest BCUT2D eigenvalue weighted by Crippen LogP contribution is 2.10. The highest BCUT2D eigenvalue weighted by Gasteiger charge is 1.93. The van der Waals surface area contributed by atoms with Crippen molar-refractivity contribution in [3.63, 3.8) is 0 Å². The summed E-state index contributed by atoms with van der Waals surface area (Å²) in [5.41, 5.74) is 3.24. The van der Waals surface area contributed by atoms with E-state index in [1.165, 1.54) is 18.6 Å². The van der Waals surface area contributed by atoms with E-state index in [9.17, 15) is 4.79 Å². The molecule has 0 spiro atoms. The lowest BCUT2D eigenvalue weighted by molar-refractivity contribution is -0.116. The minimum absolute atomic E-state index is 0.322. The Bertz CT molecular complexity index is 586. The molecule has 0 aliphatic carbocycles. The number of hydrogen-bond acceptors (Lipinski definition) is 3. The zero-order valence-corrected chi connectivity index (χ0v) is 10.7. The summed E-state index contributed by atoms with van der Waals surface area (Å²) in [6.07, 6.45) is 6.02. The van der Waals surface area contributed by atoms with Gasteiger partial charge in [-0.2, -0.15) is 5.10 Å². The molecule has 1 aromatic heterocycles. The predicted molar refractivity (Wildman–Crippen MR) is 74.9 cm³/mol. The third-order valence-electron chi connectivity index (χ3n) is 2.21. The van der Waals surface area contributed by atoms with Crippen molar-refractivity contribution in [2.45, 2.75) is 0 Å². The van der Waals surface area contributed by atoms with Crippen molar-refractivity contribution >= 4 is 29.8 Å². The maximum Gasteiger partial charge on any atom is 0.264 e. The molecule has 1 aromatic carbocycles. The zero-order valence-electron chi connectivity index (χ0n) is 9.92. The van der Waals surface area contributed by atoms with E-state index in [1.807, 2.05) is 12.1 Å². The van der Waals surface area contributed by atoms with Crippen molar-refractivity contribution in [1.29, 1.82) is 0 Å². The van der Waals surface area contributed by atoms with Crippen LogP contribution in [0.15, 0.2) is 58.3 Å². The van der Waals surface area contributed by atoms with Gasteiger partial charge in [-0.1, -0.05) is 23.7 Å². The van der Waals surface area contributed by atoms with E-state index < -0.39 is 0 Å². The Morgan fingerprint density at radius 2 is 2.05 bits per heavy atom. The summed E-state index contributed by atoms with van der Waals surface area (Å²) < 4.78 is 5.02. The van der Waals surface area contributed by atoms with Crippen molar-refractivity contribution in [2.24, 2.45) is 5.10 Å². The molecule has 1 amide bonds. The monoisotopic (exact) mass is 274 g/mol. The second-order valence-corrected chi connectivity index (χ2v) is 4.07. The first-order valence-electron chi connectivity index (χ1n) is 5.54. The van der Waals surface area contributed by atoms with Crippen LogP contribution in [0.4, 0.5) is 0 Å². The number of nitrogens with one attached hydrogen (secondary N) is 1. The van der Waals surface area contributed by atoms with Crippen LogP contribution >= 0.6 is 11.6 Å². The third-order valence-corrected chi connectivity index (χ3v) is 2.46. The standard InChI is InChI=1S/C14H11ClN2O2/c15-12-6-3-11(4-7-12)5-8-14(18)17-16-10-13-2-1-9-19-13/h1-10H,(H,17,18)/b8-5+,16-10-. The lowest BCUT2D eigenvalue weighted by Crippen LogP contribution is -2.13. The Balaban J connectivity index is 1.85. The molecule has 0 aliphatic rings. The number of amides is 1. The molecule has 5 heteroatoms.